The van der Waals surface area contributed by atoms with Gasteiger partial charge < -0.3 is 5.73 Å². The van der Waals surface area contributed by atoms with Crippen molar-refractivity contribution in [1.82, 2.24) is 0 Å². The topological polar surface area (TPSA) is 84.6 Å². The Morgan fingerprint density at radius 1 is 1.33 bits per heavy atom. The third kappa shape index (κ3) is 6.84. The monoisotopic (exact) mass is 283 g/mol. The molecule has 0 saturated carbocycles. The van der Waals surface area contributed by atoms with E-state index in [9.17, 15) is 5.11 Å². The van der Waals surface area contributed by atoms with Crippen LogP contribution in [0.5, 0.6) is 0 Å². The van der Waals surface area contributed by atoms with Crippen LogP contribution in [-0.2, 0) is 6.42 Å². The molecule has 0 aromatic heterocycles. The molecule has 0 amide bonds. The molecule has 5 N–H and O–H groups in total. The van der Waals surface area contributed by atoms with E-state index in [4.69, 9.17) is 19.3 Å². The SMILES string of the molecule is [B]C(CCCCN)=Nc1ccc(CC(N)C(O)B=C)cc1. The number of nitrogens with zero attached hydrogens (tertiary/aromatic N) is 1. The Hall–Kier alpha value is -1.23. The Labute approximate surface area is 129 Å². The van der Waals surface area contributed by atoms with Crippen molar-refractivity contribution in [3.05, 3.63) is 29.8 Å². The van der Waals surface area contributed by atoms with Gasteiger partial charge in [0.1, 0.15) is 0 Å². The predicted molar refractivity (Wildman–Crippen MR) is 92.8 cm³/mol. The van der Waals surface area contributed by atoms with Crippen LogP contribution < -0.4 is 11.5 Å². The molecular formula is C15H23B2N3O. The van der Waals surface area contributed by atoms with E-state index in [1.54, 1.807) is 0 Å². The van der Waals surface area contributed by atoms with Gasteiger partial charge >= 0.3 is 116 Å². The van der Waals surface area contributed by atoms with Crippen LogP contribution >= 0.6 is 0 Å². The minimum absolute atomic E-state index is 0.349. The molecule has 2 radical (unpaired) electrons. The van der Waals surface area contributed by atoms with E-state index in [2.05, 4.69) is 11.5 Å². The van der Waals surface area contributed by atoms with Gasteiger partial charge in [0.05, 0.1) is 0 Å². The molecule has 6 heteroatoms. The zero-order chi connectivity index (χ0) is 15.7. The molecule has 110 valence electrons. The van der Waals surface area contributed by atoms with E-state index in [0.717, 1.165) is 30.5 Å². The van der Waals surface area contributed by atoms with Crippen molar-refractivity contribution in [2.75, 3.05) is 6.54 Å². The molecule has 0 bridgehead atoms. The van der Waals surface area contributed by atoms with Gasteiger partial charge in [0, 0.05) is 0 Å². The van der Waals surface area contributed by atoms with E-state index in [0.29, 0.717) is 18.6 Å². The molecule has 0 saturated heterocycles. The van der Waals surface area contributed by atoms with E-state index < -0.39 is 6.00 Å². The Morgan fingerprint density at radius 3 is 2.57 bits per heavy atom. The first-order valence-corrected chi connectivity index (χ1v) is 7.25. The second-order valence-electron chi connectivity index (χ2n) is 5.11. The van der Waals surface area contributed by atoms with Crippen molar-refractivity contribution in [2.24, 2.45) is 16.5 Å². The molecule has 0 aliphatic carbocycles. The average Bonchev–Trinajstić information content (AvgIpc) is 2.48. The Kier molecular flexibility index (Phi) is 8.20. The summed E-state index contributed by atoms with van der Waals surface area (Å²) in [5.74, 6) is 0. The summed E-state index contributed by atoms with van der Waals surface area (Å²) in [5, 5.41) is 9.57. The quantitative estimate of drug-likeness (QED) is 0.347. The van der Waals surface area contributed by atoms with Crippen LogP contribution in [0.15, 0.2) is 29.3 Å². The third-order valence-electron chi connectivity index (χ3n) is 3.25. The van der Waals surface area contributed by atoms with Crippen molar-refractivity contribution in [3.8, 4) is 0 Å². The van der Waals surface area contributed by atoms with Crippen molar-refractivity contribution in [3.63, 3.8) is 0 Å². The first-order chi connectivity index (χ1) is 10.1. The molecule has 1 aromatic rings. The first kappa shape index (κ1) is 17.8. The van der Waals surface area contributed by atoms with Crippen molar-refractivity contribution < 1.29 is 5.11 Å². The molecule has 0 aliphatic rings. The van der Waals surface area contributed by atoms with Gasteiger partial charge in [0.25, 0.3) is 0 Å². The van der Waals surface area contributed by atoms with Gasteiger partial charge in [-0.2, -0.15) is 0 Å². The van der Waals surface area contributed by atoms with Crippen molar-refractivity contribution in [2.45, 2.75) is 37.7 Å². The van der Waals surface area contributed by atoms with E-state index in [-0.39, 0.29) is 6.04 Å². The summed E-state index contributed by atoms with van der Waals surface area (Å²) in [6.07, 6.45) is 3.26. The fraction of sp³-hybridized carbons (Fsp3) is 0.467. The summed E-state index contributed by atoms with van der Waals surface area (Å²) >= 11 is 0. The van der Waals surface area contributed by atoms with Gasteiger partial charge in [-0.05, 0) is 6.54 Å². The number of rotatable bonds is 9. The Bertz CT molecular complexity index is 462. The number of benzene rings is 1. The summed E-state index contributed by atoms with van der Waals surface area (Å²) in [6.45, 7) is 5.66. The number of hydrogen-bond acceptors (Lipinski definition) is 4. The molecule has 2 atom stereocenters. The van der Waals surface area contributed by atoms with E-state index in [1.807, 2.05) is 24.3 Å². The maximum absolute atomic E-state index is 9.57. The molecule has 1 rings (SSSR count). The fourth-order valence-corrected chi connectivity index (χ4v) is 1.95. The summed E-state index contributed by atoms with van der Waals surface area (Å²) in [6, 6.07) is 6.65. The zero-order valence-corrected chi connectivity index (χ0v) is 12.4. The van der Waals surface area contributed by atoms with Gasteiger partial charge in [-0.15, -0.1) is 0 Å². The molecular weight excluding hydrogens is 260 g/mol. The molecule has 2 unspecified atom stereocenters. The van der Waals surface area contributed by atoms with Crippen LogP contribution in [0.1, 0.15) is 24.8 Å². The van der Waals surface area contributed by atoms with Crippen molar-refractivity contribution >= 4 is 32.5 Å². The molecule has 4 nitrogen and oxygen atoms in total. The van der Waals surface area contributed by atoms with Crippen LogP contribution in [-0.4, -0.2) is 50.5 Å². The summed E-state index contributed by atoms with van der Waals surface area (Å²) in [7, 11) is 5.87. The number of aliphatic hydroxyl groups excluding tert-OH is 1. The second-order valence-corrected chi connectivity index (χ2v) is 5.11. The van der Waals surface area contributed by atoms with Crippen LogP contribution in [0, 0.1) is 0 Å². The van der Waals surface area contributed by atoms with Gasteiger partial charge in [0.2, 0.25) is 0 Å². The van der Waals surface area contributed by atoms with Gasteiger partial charge in [0.15, 0.2) is 0 Å². The minimum atomic E-state index is -0.694. The normalized spacial score (nSPS) is 14.5. The zero-order valence-electron chi connectivity index (χ0n) is 12.4. The van der Waals surface area contributed by atoms with Gasteiger partial charge in [-0.1, -0.05) is 0 Å². The van der Waals surface area contributed by atoms with Crippen LogP contribution in [0.3, 0.4) is 0 Å². The summed E-state index contributed by atoms with van der Waals surface area (Å²) in [5.41, 5.74) is 13.8. The molecule has 0 aliphatic heterocycles. The van der Waals surface area contributed by atoms with Crippen molar-refractivity contribution in [1.29, 1.82) is 0 Å². The third-order valence-corrected chi connectivity index (χ3v) is 3.25. The summed E-state index contributed by atoms with van der Waals surface area (Å²) in [4.78, 5) is 4.36. The summed E-state index contributed by atoms with van der Waals surface area (Å²) < 4.78 is 0. The Balaban J connectivity index is 2.57. The average molecular weight is 283 g/mol. The number of aliphatic imine (C=N–C) groups is 1. The molecule has 0 spiro atoms. The fourth-order valence-electron chi connectivity index (χ4n) is 1.95. The van der Waals surface area contributed by atoms with E-state index >= 15 is 0 Å². The van der Waals surface area contributed by atoms with Crippen LogP contribution in [0.4, 0.5) is 5.69 Å². The number of unbranched alkanes of at least 4 members (excludes halogenated alkanes) is 1. The van der Waals surface area contributed by atoms with Gasteiger partial charge in [-0.25, -0.2) is 0 Å². The number of hydrogen-bond donors (Lipinski definition) is 3. The molecule has 21 heavy (non-hydrogen) atoms. The first-order valence-electron chi connectivity index (χ1n) is 7.25. The number of aliphatic hydroxyl groups is 1. The number of nitrogens with two attached hydrogens (primary N) is 2. The molecule has 0 heterocycles. The van der Waals surface area contributed by atoms with Crippen LogP contribution in [0.2, 0.25) is 0 Å². The maximum atomic E-state index is 9.57. The standard InChI is InChI=1S/C15H23B2N3O/c1-17-15(21)13(19)10-11-5-7-12(8-6-11)20-14(16)4-2-3-9-18/h5-8,13,15,21H,1-4,9-10,18-19H2. The van der Waals surface area contributed by atoms with E-state index in [1.165, 1.54) is 6.92 Å². The van der Waals surface area contributed by atoms with Crippen LogP contribution in [0.25, 0.3) is 0 Å². The Morgan fingerprint density at radius 2 is 2.00 bits per heavy atom. The molecule has 0 fully saturated rings. The molecule has 1 aromatic carbocycles. The van der Waals surface area contributed by atoms with Gasteiger partial charge in [-0.3, -0.25) is 0 Å². The predicted octanol–water partition coefficient (Wildman–Crippen LogP) is 0.339. The second kappa shape index (κ2) is 9.66.